The van der Waals surface area contributed by atoms with Gasteiger partial charge in [0, 0.05) is 24.1 Å². The van der Waals surface area contributed by atoms with E-state index in [9.17, 15) is 20.0 Å². The van der Waals surface area contributed by atoms with E-state index in [1.54, 1.807) is 19.2 Å². The minimum Gasteiger partial charge on any atom is -0.496 e. The molecule has 4 rings (SSSR count). The molecule has 1 aliphatic rings. The Hall–Kier alpha value is -4.35. The number of nitrogens with one attached hydrogen (secondary N) is 1. The van der Waals surface area contributed by atoms with Gasteiger partial charge in [-0.05, 0) is 46.2 Å². The number of carbonyl (C=O) groups excluding carboxylic acids is 1. The molecule has 1 aliphatic heterocycles. The first-order valence-corrected chi connectivity index (χ1v) is 14.8. The molecule has 2 N–H and O–H groups in total. The molecule has 1 heterocycles. The molecule has 1 saturated heterocycles. The van der Waals surface area contributed by atoms with Crippen molar-refractivity contribution in [3.8, 4) is 17.6 Å². The summed E-state index contributed by atoms with van der Waals surface area (Å²) in [7, 11) is 3.09. The highest BCUT2D eigenvalue weighted by Crippen LogP contribution is 2.49. The van der Waals surface area contributed by atoms with Crippen molar-refractivity contribution < 1.29 is 24.2 Å². The lowest BCUT2D eigenvalue weighted by Crippen LogP contribution is -2.48. The number of carbonyl (C=O) groups is 2. The number of amides is 1. The maximum Gasteiger partial charge on any atom is 0.326 e. The van der Waals surface area contributed by atoms with E-state index in [2.05, 4.69) is 44.3 Å². The summed E-state index contributed by atoms with van der Waals surface area (Å²) >= 11 is 0. The van der Waals surface area contributed by atoms with Gasteiger partial charge in [0.2, 0.25) is 0 Å². The molecular weight excluding hydrogens is 554 g/mol. The zero-order valence-corrected chi connectivity index (χ0v) is 26.8. The number of carboxylic acids is 1. The molecule has 0 radical (unpaired) electrons. The number of nitriles is 1. The van der Waals surface area contributed by atoms with E-state index in [0.717, 1.165) is 22.4 Å². The molecule has 3 aromatic carbocycles. The Labute approximate surface area is 260 Å². The van der Waals surface area contributed by atoms with Crippen molar-refractivity contribution in [2.75, 3.05) is 14.2 Å². The lowest BCUT2D eigenvalue weighted by molar-refractivity contribution is -0.144. The number of rotatable bonds is 8. The predicted octanol–water partition coefficient (Wildman–Crippen LogP) is 6.34. The predicted molar refractivity (Wildman–Crippen MR) is 170 cm³/mol. The highest BCUT2D eigenvalue weighted by molar-refractivity contribution is 6.00. The summed E-state index contributed by atoms with van der Waals surface area (Å²) in [5.41, 5.74) is 2.73. The molecule has 1 fully saturated rings. The van der Waals surface area contributed by atoms with Gasteiger partial charge in [-0.15, -0.1) is 0 Å². The Morgan fingerprint density at radius 2 is 1.57 bits per heavy atom. The number of benzene rings is 3. The van der Waals surface area contributed by atoms with Gasteiger partial charge in [0.25, 0.3) is 5.91 Å². The van der Waals surface area contributed by atoms with Crippen LogP contribution in [0.3, 0.4) is 0 Å². The average Bonchev–Trinajstić information content (AvgIpc) is 3.35. The third kappa shape index (κ3) is 6.44. The molecule has 8 heteroatoms. The summed E-state index contributed by atoms with van der Waals surface area (Å²) in [6, 6.07) is 20.1. The number of hydrogen-bond donors (Lipinski definition) is 2. The molecule has 1 amide bonds. The highest BCUT2D eigenvalue weighted by Gasteiger charge is 2.58. The summed E-state index contributed by atoms with van der Waals surface area (Å²) in [6.07, 6.45) is 0. The van der Waals surface area contributed by atoms with Gasteiger partial charge in [-0.1, -0.05) is 84.0 Å². The minimum absolute atomic E-state index is 0.0798. The van der Waals surface area contributed by atoms with Gasteiger partial charge >= 0.3 is 5.97 Å². The van der Waals surface area contributed by atoms with Crippen LogP contribution in [0.15, 0.2) is 66.7 Å². The van der Waals surface area contributed by atoms with Crippen LogP contribution in [0.4, 0.5) is 0 Å². The average molecular weight is 598 g/mol. The number of methoxy groups -OCH3 is 2. The van der Waals surface area contributed by atoms with Crippen molar-refractivity contribution in [1.29, 1.82) is 5.26 Å². The van der Waals surface area contributed by atoms with E-state index >= 15 is 0 Å². The molecule has 232 valence electrons. The van der Waals surface area contributed by atoms with E-state index in [4.69, 9.17) is 9.47 Å². The minimum atomic E-state index is -1.16. The Bertz CT molecular complexity index is 1550. The van der Waals surface area contributed by atoms with E-state index in [1.807, 2.05) is 57.2 Å². The maximum absolute atomic E-state index is 14.6. The summed E-state index contributed by atoms with van der Waals surface area (Å²) in [6.45, 7) is 12.9. The first-order valence-electron chi connectivity index (χ1n) is 14.8. The van der Waals surface area contributed by atoms with Crippen molar-refractivity contribution in [3.63, 3.8) is 0 Å². The highest BCUT2D eigenvalue weighted by atomic mass is 16.5. The monoisotopic (exact) mass is 597 g/mol. The summed E-state index contributed by atoms with van der Waals surface area (Å²) in [5, 5.41) is 24.1. The Balaban J connectivity index is 1.90. The van der Waals surface area contributed by atoms with Crippen LogP contribution in [-0.4, -0.2) is 48.2 Å². The molecule has 0 spiro atoms. The van der Waals surface area contributed by atoms with Crippen molar-refractivity contribution in [2.45, 2.75) is 71.6 Å². The summed E-state index contributed by atoms with van der Waals surface area (Å²) in [5.74, 6) is -1.08. The summed E-state index contributed by atoms with van der Waals surface area (Å²) in [4.78, 5) is 29.3. The zero-order valence-electron chi connectivity index (χ0n) is 26.8. The first-order chi connectivity index (χ1) is 20.7. The van der Waals surface area contributed by atoms with Crippen LogP contribution in [0.2, 0.25) is 0 Å². The van der Waals surface area contributed by atoms with Crippen LogP contribution in [0.5, 0.6) is 11.5 Å². The number of ether oxygens (including phenoxy) is 2. The van der Waals surface area contributed by atoms with E-state index in [-0.39, 0.29) is 22.3 Å². The van der Waals surface area contributed by atoms with Crippen LogP contribution >= 0.6 is 0 Å². The Morgan fingerprint density at radius 3 is 2.11 bits per heavy atom. The lowest BCUT2D eigenvalue weighted by atomic mass is 9.72. The number of hydrogen-bond acceptors (Lipinski definition) is 6. The third-order valence-electron chi connectivity index (χ3n) is 8.53. The molecule has 44 heavy (non-hydrogen) atoms. The van der Waals surface area contributed by atoms with Gasteiger partial charge in [-0.2, -0.15) is 5.26 Å². The van der Waals surface area contributed by atoms with E-state index in [1.165, 1.54) is 18.1 Å². The molecule has 0 saturated carbocycles. The molecule has 4 atom stereocenters. The molecule has 0 bridgehead atoms. The fraction of sp³-hybridized carbons (Fsp3) is 0.417. The second kappa shape index (κ2) is 12.7. The maximum atomic E-state index is 14.6. The largest absolute Gasteiger partial charge is 0.496 e. The Morgan fingerprint density at radius 1 is 0.932 bits per heavy atom. The topological polar surface area (TPSA) is 112 Å². The number of nitrogens with zero attached hydrogens (tertiary/aromatic N) is 2. The molecule has 0 aliphatic carbocycles. The second-order valence-electron chi connectivity index (χ2n) is 13.5. The zero-order chi connectivity index (χ0) is 32.4. The molecular formula is C36H43N3O5. The van der Waals surface area contributed by atoms with Gasteiger partial charge in [-0.3, -0.25) is 4.79 Å². The van der Waals surface area contributed by atoms with E-state index < -0.39 is 41.3 Å². The van der Waals surface area contributed by atoms with Crippen LogP contribution < -0.4 is 14.8 Å². The van der Waals surface area contributed by atoms with Crippen molar-refractivity contribution >= 4 is 11.9 Å². The third-order valence-corrected chi connectivity index (χ3v) is 8.53. The van der Waals surface area contributed by atoms with Crippen LogP contribution in [0.1, 0.15) is 80.2 Å². The van der Waals surface area contributed by atoms with Crippen LogP contribution in [0, 0.1) is 22.7 Å². The van der Waals surface area contributed by atoms with E-state index in [0.29, 0.717) is 6.54 Å². The lowest BCUT2D eigenvalue weighted by Gasteiger charge is -2.35. The standard InChI is InChI=1S/C36H43N3O5/c1-35(2,3)25-15-17-27(43-7)24(19-25)21-38-30-29(36(4,5)6)32(34(41)42)39(31(30)23-12-10-9-11-13-23)33(40)26-18-22(20-37)14-16-28(26)44-8/h9-19,29-32,38H,21H2,1-8H3,(H,41,42)/t29-,30-,31-,32-/m0/s1. The van der Waals surface area contributed by atoms with Gasteiger partial charge in [0.1, 0.15) is 17.5 Å². The number of carboxylic acid groups (broad SMARTS) is 1. The first kappa shape index (κ1) is 32.6. The van der Waals surface area contributed by atoms with Gasteiger partial charge < -0.3 is 24.8 Å². The normalized spacial score (nSPS) is 20.2. The van der Waals surface area contributed by atoms with Gasteiger partial charge in [0.15, 0.2) is 0 Å². The van der Waals surface area contributed by atoms with Crippen LogP contribution in [0.25, 0.3) is 0 Å². The SMILES string of the molecule is COc1ccc(C(C)(C)C)cc1CN[C@H]1[C@H](C(C)(C)C)[C@@H](C(=O)O)N(C(=O)c2cc(C#N)ccc2OC)[C@H]1c1ccccc1. The number of likely N-dealkylation sites (tertiary alicyclic amines) is 1. The van der Waals surface area contributed by atoms with Gasteiger partial charge in [0.05, 0.1) is 37.5 Å². The Kier molecular flexibility index (Phi) is 9.41. The van der Waals surface area contributed by atoms with Crippen molar-refractivity contribution in [3.05, 3.63) is 94.5 Å². The number of aliphatic carboxylic acids is 1. The molecule has 0 aromatic heterocycles. The molecule has 0 unspecified atom stereocenters. The fourth-order valence-electron chi connectivity index (χ4n) is 6.40. The van der Waals surface area contributed by atoms with Crippen molar-refractivity contribution in [1.82, 2.24) is 10.2 Å². The molecule has 3 aromatic rings. The smallest absolute Gasteiger partial charge is 0.326 e. The second-order valence-corrected chi connectivity index (χ2v) is 13.5. The molecule has 8 nitrogen and oxygen atoms in total. The van der Waals surface area contributed by atoms with Gasteiger partial charge in [-0.25, -0.2) is 4.79 Å². The fourth-order valence-corrected chi connectivity index (χ4v) is 6.40. The quantitative estimate of drug-likeness (QED) is 0.311. The van der Waals surface area contributed by atoms with Crippen LogP contribution in [-0.2, 0) is 16.8 Å². The van der Waals surface area contributed by atoms with Crippen molar-refractivity contribution in [2.24, 2.45) is 11.3 Å². The summed E-state index contributed by atoms with van der Waals surface area (Å²) < 4.78 is 11.2.